The summed E-state index contributed by atoms with van der Waals surface area (Å²) in [6, 6.07) is 0.408. The number of fused-ring (bicyclic) bond motifs is 1. The van der Waals surface area contributed by atoms with Gasteiger partial charge in [0.25, 0.3) is 5.56 Å². The number of hydrogen-bond acceptors (Lipinski definition) is 6. The van der Waals surface area contributed by atoms with Crippen molar-refractivity contribution < 1.29 is 9.53 Å². The summed E-state index contributed by atoms with van der Waals surface area (Å²) < 4.78 is 6.00. The van der Waals surface area contributed by atoms with E-state index in [4.69, 9.17) is 0 Å². The van der Waals surface area contributed by atoms with Crippen LogP contribution in [0.1, 0.15) is 0 Å². The van der Waals surface area contributed by atoms with Crippen molar-refractivity contribution in [2.45, 2.75) is 12.6 Å². The van der Waals surface area contributed by atoms with Gasteiger partial charge in [0.2, 0.25) is 0 Å². The molecule has 2 unspecified atom stereocenters. The average Bonchev–Trinajstić information content (AvgIpc) is 2.87. The molecular formula is C12H15BrN4O3. The molecule has 0 bridgehead atoms. The smallest absolute Gasteiger partial charge is 0.327 e. The van der Waals surface area contributed by atoms with Gasteiger partial charge >= 0.3 is 5.97 Å². The number of aromatic nitrogens is 2. The van der Waals surface area contributed by atoms with Crippen LogP contribution in [0.25, 0.3) is 0 Å². The molecule has 1 aromatic rings. The molecule has 0 amide bonds. The minimum Gasteiger partial charge on any atom is -0.468 e. The van der Waals surface area contributed by atoms with Gasteiger partial charge in [0.05, 0.1) is 19.0 Å². The van der Waals surface area contributed by atoms with Crippen LogP contribution in [0.3, 0.4) is 0 Å². The fourth-order valence-corrected chi connectivity index (χ4v) is 3.10. The van der Waals surface area contributed by atoms with Crippen LogP contribution in [0.5, 0.6) is 0 Å². The fraction of sp³-hybridized carbons (Fsp3) is 0.583. The monoisotopic (exact) mass is 342 g/mol. The van der Waals surface area contributed by atoms with E-state index in [1.807, 2.05) is 0 Å². The lowest BCUT2D eigenvalue weighted by Gasteiger charge is -2.11. The number of rotatable bonds is 4. The molecule has 2 N–H and O–H groups in total. The molecule has 1 saturated carbocycles. The molecule has 20 heavy (non-hydrogen) atoms. The average molecular weight is 343 g/mol. The molecule has 1 aliphatic carbocycles. The number of halogens is 1. The SMILES string of the molecule is COC(=O)Cn1ncc(NC2C3CNCC32)c(Br)c1=O. The Morgan fingerprint density at radius 1 is 1.60 bits per heavy atom. The summed E-state index contributed by atoms with van der Waals surface area (Å²) in [6.07, 6.45) is 1.57. The molecule has 0 radical (unpaired) electrons. The molecule has 2 atom stereocenters. The number of carbonyl (C=O) groups is 1. The first-order chi connectivity index (χ1) is 9.61. The summed E-state index contributed by atoms with van der Waals surface area (Å²) >= 11 is 3.28. The number of ether oxygens (including phenoxy) is 1. The summed E-state index contributed by atoms with van der Waals surface area (Å²) in [4.78, 5) is 23.3. The first-order valence-electron chi connectivity index (χ1n) is 6.41. The Kier molecular flexibility index (Phi) is 3.51. The van der Waals surface area contributed by atoms with Crippen LogP contribution in [0, 0.1) is 11.8 Å². The summed E-state index contributed by atoms with van der Waals surface area (Å²) in [6.45, 7) is 1.85. The number of hydrogen-bond donors (Lipinski definition) is 2. The van der Waals surface area contributed by atoms with Crippen molar-refractivity contribution in [2.24, 2.45) is 11.8 Å². The molecule has 2 aliphatic rings. The van der Waals surface area contributed by atoms with E-state index in [0.717, 1.165) is 17.8 Å². The van der Waals surface area contributed by atoms with Gasteiger partial charge in [-0.3, -0.25) is 9.59 Å². The van der Waals surface area contributed by atoms with Crippen molar-refractivity contribution >= 4 is 27.6 Å². The number of methoxy groups -OCH3 is 1. The van der Waals surface area contributed by atoms with Gasteiger partial charge in [-0.1, -0.05) is 0 Å². The van der Waals surface area contributed by atoms with Crippen molar-refractivity contribution in [3.8, 4) is 0 Å². The zero-order valence-electron chi connectivity index (χ0n) is 10.9. The zero-order valence-corrected chi connectivity index (χ0v) is 12.5. The van der Waals surface area contributed by atoms with Crippen LogP contribution in [0.2, 0.25) is 0 Å². The van der Waals surface area contributed by atoms with Crippen LogP contribution in [0.15, 0.2) is 15.5 Å². The summed E-state index contributed by atoms with van der Waals surface area (Å²) in [5, 5.41) is 10.7. The first kappa shape index (κ1) is 13.6. The lowest BCUT2D eigenvalue weighted by molar-refractivity contribution is -0.141. The van der Waals surface area contributed by atoms with Crippen LogP contribution >= 0.6 is 15.9 Å². The number of anilines is 1. The van der Waals surface area contributed by atoms with Gasteiger partial charge in [-0.2, -0.15) is 5.10 Å². The molecule has 0 spiro atoms. The summed E-state index contributed by atoms with van der Waals surface area (Å²) in [5.41, 5.74) is 0.333. The van der Waals surface area contributed by atoms with Crippen molar-refractivity contribution in [1.82, 2.24) is 15.1 Å². The molecule has 3 rings (SSSR count). The van der Waals surface area contributed by atoms with E-state index in [-0.39, 0.29) is 12.1 Å². The lowest BCUT2D eigenvalue weighted by Crippen LogP contribution is -2.29. The number of carbonyl (C=O) groups excluding carboxylic acids is 1. The molecule has 7 nitrogen and oxygen atoms in total. The summed E-state index contributed by atoms with van der Waals surface area (Å²) in [7, 11) is 1.28. The molecule has 1 aliphatic heterocycles. The predicted molar refractivity (Wildman–Crippen MR) is 75.5 cm³/mol. The Hall–Kier alpha value is -1.41. The van der Waals surface area contributed by atoms with E-state index in [1.54, 1.807) is 6.20 Å². The standard InChI is InChI=1S/C12H15BrN4O3/c1-20-9(18)5-17-12(19)10(13)8(4-15-17)16-11-6-2-14-3-7(6)11/h4,6-7,11,14,16H,2-3,5H2,1H3. The van der Waals surface area contributed by atoms with E-state index in [0.29, 0.717) is 28.0 Å². The molecule has 8 heteroatoms. The van der Waals surface area contributed by atoms with Crippen molar-refractivity contribution in [1.29, 1.82) is 0 Å². The number of nitrogens with one attached hydrogen (secondary N) is 2. The largest absolute Gasteiger partial charge is 0.468 e. The number of esters is 1. The second kappa shape index (κ2) is 5.17. The summed E-state index contributed by atoms with van der Waals surface area (Å²) in [5.74, 6) is 0.772. The van der Waals surface area contributed by atoms with E-state index in [1.165, 1.54) is 7.11 Å². The minimum atomic E-state index is -0.505. The molecular weight excluding hydrogens is 328 g/mol. The second-order valence-corrected chi connectivity index (χ2v) is 5.86. The fourth-order valence-electron chi connectivity index (χ4n) is 2.68. The van der Waals surface area contributed by atoms with Crippen molar-refractivity contribution in [3.05, 3.63) is 21.0 Å². The Bertz CT molecular complexity index is 593. The normalized spacial score (nSPS) is 27.0. The highest BCUT2D eigenvalue weighted by Gasteiger charge is 2.53. The highest BCUT2D eigenvalue weighted by molar-refractivity contribution is 9.10. The Balaban J connectivity index is 1.75. The van der Waals surface area contributed by atoms with Gasteiger partial charge in [-0.25, -0.2) is 4.68 Å². The molecule has 2 heterocycles. The Morgan fingerprint density at radius 3 is 2.95 bits per heavy atom. The number of nitrogens with zero attached hydrogens (tertiary/aromatic N) is 2. The highest BCUT2D eigenvalue weighted by Crippen LogP contribution is 2.44. The molecule has 108 valence electrons. The first-order valence-corrected chi connectivity index (χ1v) is 7.21. The highest BCUT2D eigenvalue weighted by atomic mass is 79.9. The maximum Gasteiger partial charge on any atom is 0.327 e. The van der Waals surface area contributed by atoms with Crippen LogP contribution in [-0.2, 0) is 16.1 Å². The maximum atomic E-state index is 12.1. The van der Waals surface area contributed by atoms with Crippen LogP contribution < -0.4 is 16.2 Å². The van der Waals surface area contributed by atoms with Gasteiger partial charge in [0.1, 0.15) is 11.0 Å². The quantitative estimate of drug-likeness (QED) is 0.737. The van der Waals surface area contributed by atoms with E-state index in [2.05, 4.69) is 36.4 Å². The van der Waals surface area contributed by atoms with E-state index in [9.17, 15) is 9.59 Å². The van der Waals surface area contributed by atoms with Crippen LogP contribution in [0.4, 0.5) is 5.69 Å². The Morgan fingerprint density at radius 2 is 2.30 bits per heavy atom. The molecule has 0 aromatic carbocycles. The molecule has 1 aromatic heterocycles. The minimum absolute atomic E-state index is 0.188. The third kappa shape index (κ3) is 2.33. The van der Waals surface area contributed by atoms with Gasteiger partial charge in [0, 0.05) is 19.1 Å². The Labute approximate surface area is 123 Å². The van der Waals surface area contributed by atoms with Crippen molar-refractivity contribution in [2.75, 3.05) is 25.5 Å². The van der Waals surface area contributed by atoms with E-state index >= 15 is 0 Å². The zero-order chi connectivity index (χ0) is 14.3. The van der Waals surface area contributed by atoms with Crippen molar-refractivity contribution in [3.63, 3.8) is 0 Å². The van der Waals surface area contributed by atoms with Gasteiger partial charge in [0.15, 0.2) is 0 Å². The van der Waals surface area contributed by atoms with Gasteiger partial charge < -0.3 is 15.4 Å². The predicted octanol–water partition coefficient (Wildman–Crippen LogP) is -0.192. The van der Waals surface area contributed by atoms with Crippen LogP contribution in [-0.4, -0.2) is 42.0 Å². The third-order valence-corrected chi connectivity index (χ3v) is 4.67. The topological polar surface area (TPSA) is 85.2 Å². The molecule has 1 saturated heterocycles. The second-order valence-electron chi connectivity index (χ2n) is 5.07. The maximum absolute atomic E-state index is 12.1. The number of piperidine rings is 1. The molecule has 2 fully saturated rings. The van der Waals surface area contributed by atoms with Gasteiger partial charge in [-0.15, -0.1) is 0 Å². The lowest BCUT2D eigenvalue weighted by atomic mass is 10.4. The van der Waals surface area contributed by atoms with E-state index < -0.39 is 5.97 Å². The van der Waals surface area contributed by atoms with Gasteiger partial charge in [-0.05, 0) is 27.8 Å². The third-order valence-electron chi connectivity index (χ3n) is 3.91.